The van der Waals surface area contributed by atoms with Gasteiger partial charge in [0.1, 0.15) is 12.3 Å². The molecule has 1 aliphatic heterocycles. The van der Waals surface area contributed by atoms with Gasteiger partial charge in [0.2, 0.25) is 5.91 Å². The predicted octanol–water partition coefficient (Wildman–Crippen LogP) is 5.94. The van der Waals surface area contributed by atoms with Gasteiger partial charge in [0.15, 0.2) is 0 Å². The summed E-state index contributed by atoms with van der Waals surface area (Å²) >= 11 is 1.54. The third-order valence-electron chi connectivity index (χ3n) is 7.62. The lowest BCUT2D eigenvalue weighted by molar-refractivity contribution is -0.131. The number of benzene rings is 4. The normalized spacial score (nSPS) is 14.1. The van der Waals surface area contributed by atoms with Gasteiger partial charge in [-0.2, -0.15) is 0 Å². The van der Waals surface area contributed by atoms with Crippen molar-refractivity contribution >= 4 is 33.4 Å². The summed E-state index contributed by atoms with van der Waals surface area (Å²) in [4.78, 5) is 19.0. The molecular weight excluding hydrogens is 579 g/mol. The number of thioether (sulfide) groups is 1. The smallest absolute Gasteiger partial charge is 0.264 e. The van der Waals surface area contributed by atoms with E-state index in [1.165, 1.54) is 27.2 Å². The van der Waals surface area contributed by atoms with Crippen molar-refractivity contribution in [2.45, 2.75) is 22.8 Å². The van der Waals surface area contributed by atoms with Crippen LogP contribution in [0.4, 0.5) is 5.69 Å². The molecule has 1 amide bonds. The van der Waals surface area contributed by atoms with E-state index < -0.39 is 10.0 Å². The summed E-state index contributed by atoms with van der Waals surface area (Å²) in [5.74, 6) is 0.173. The van der Waals surface area contributed by atoms with Gasteiger partial charge < -0.3 is 9.64 Å². The number of amides is 1. The van der Waals surface area contributed by atoms with Gasteiger partial charge in [0.25, 0.3) is 10.0 Å². The minimum Gasteiger partial charge on any atom is -0.492 e. The maximum Gasteiger partial charge on any atom is 0.264 e. The van der Waals surface area contributed by atoms with Crippen molar-refractivity contribution < 1.29 is 17.9 Å². The van der Waals surface area contributed by atoms with E-state index in [0.717, 1.165) is 4.90 Å². The molecular formula is C34H37N3O4S2. The van der Waals surface area contributed by atoms with Crippen LogP contribution < -0.4 is 9.04 Å². The van der Waals surface area contributed by atoms with Crippen molar-refractivity contribution in [2.24, 2.45) is 0 Å². The van der Waals surface area contributed by atoms with E-state index in [2.05, 4.69) is 53.4 Å². The molecule has 5 rings (SSSR count). The molecule has 224 valence electrons. The van der Waals surface area contributed by atoms with E-state index in [1.54, 1.807) is 53.4 Å². The fourth-order valence-corrected chi connectivity index (χ4v) is 7.29. The standard InChI is InChI=1S/C34H37N3O4S2/c1-3-41-32-17-11-10-16-31(32)37(43(39,40)30-20-18-29(42-2)19-21-30)26-33(38)35-22-24-36(25-23-35)34(27-12-6-4-7-13-27)28-14-8-5-9-15-28/h4-21,34H,3,22-26H2,1-2H3. The number of hydrogen-bond donors (Lipinski definition) is 0. The van der Waals surface area contributed by atoms with Crippen LogP contribution in [-0.4, -0.2) is 69.7 Å². The second kappa shape index (κ2) is 14.1. The molecule has 0 aromatic heterocycles. The minimum absolute atomic E-state index is 0.0684. The molecule has 4 aromatic rings. The first-order valence-electron chi connectivity index (χ1n) is 14.4. The SMILES string of the molecule is CCOc1ccccc1N(CC(=O)N1CCN(C(c2ccccc2)c2ccccc2)CC1)S(=O)(=O)c1ccc(SC)cc1. The number of nitrogens with zero attached hydrogens (tertiary/aromatic N) is 3. The van der Waals surface area contributed by atoms with Crippen LogP contribution in [0.1, 0.15) is 24.1 Å². The molecule has 0 radical (unpaired) electrons. The molecule has 9 heteroatoms. The van der Waals surface area contributed by atoms with Gasteiger partial charge in [-0.05, 0) is 60.7 Å². The zero-order valence-electron chi connectivity index (χ0n) is 24.5. The number of anilines is 1. The number of sulfonamides is 1. The van der Waals surface area contributed by atoms with Crippen molar-refractivity contribution in [3.63, 3.8) is 0 Å². The predicted molar refractivity (Wildman–Crippen MR) is 173 cm³/mol. The monoisotopic (exact) mass is 615 g/mol. The summed E-state index contributed by atoms with van der Waals surface area (Å²) in [5, 5.41) is 0. The number of ether oxygens (including phenoxy) is 1. The Hall–Kier alpha value is -3.79. The van der Waals surface area contributed by atoms with E-state index >= 15 is 0 Å². The summed E-state index contributed by atoms with van der Waals surface area (Å²) in [7, 11) is -4.06. The van der Waals surface area contributed by atoms with Crippen LogP contribution in [0.3, 0.4) is 0 Å². The van der Waals surface area contributed by atoms with Crippen LogP contribution in [0.25, 0.3) is 0 Å². The third kappa shape index (κ3) is 7.06. The summed E-state index contributed by atoms with van der Waals surface area (Å²) in [6.45, 7) is 4.22. The molecule has 0 unspecified atom stereocenters. The van der Waals surface area contributed by atoms with E-state index in [0.29, 0.717) is 44.2 Å². The fraction of sp³-hybridized carbons (Fsp3) is 0.265. The lowest BCUT2D eigenvalue weighted by Crippen LogP contribution is -2.52. The molecule has 0 N–H and O–H groups in total. The molecule has 0 spiro atoms. The maximum atomic E-state index is 14.0. The van der Waals surface area contributed by atoms with E-state index in [4.69, 9.17) is 4.74 Å². The van der Waals surface area contributed by atoms with E-state index in [-0.39, 0.29) is 23.4 Å². The lowest BCUT2D eigenvalue weighted by Gasteiger charge is -2.40. The van der Waals surface area contributed by atoms with Crippen LogP contribution in [0.2, 0.25) is 0 Å². The van der Waals surface area contributed by atoms with Crippen LogP contribution in [0, 0.1) is 0 Å². The van der Waals surface area contributed by atoms with Gasteiger partial charge in [0.05, 0.1) is 23.2 Å². The Kier molecular flexibility index (Phi) is 10.1. The van der Waals surface area contributed by atoms with E-state index in [1.807, 2.05) is 25.3 Å². The molecule has 1 aliphatic rings. The highest BCUT2D eigenvalue weighted by Gasteiger charge is 2.33. The Labute approximate surface area is 259 Å². The Balaban J connectivity index is 1.38. The van der Waals surface area contributed by atoms with E-state index in [9.17, 15) is 13.2 Å². The second-order valence-corrected chi connectivity index (χ2v) is 13.0. The van der Waals surface area contributed by atoms with Crippen molar-refractivity contribution in [1.82, 2.24) is 9.80 Å². The number of rotatable bonds is 11. The van der Waals surface area contributed by atoms with Crippen LogP contribution in [-0.2, 0) is 14.8 Å². The highest BCUT2D eigenvalue weighted by atomic mass is 32.2. The Bertz CT molecular complexity index is 1550. The Morgan fingerprint density at radius 2 is 1.37 bits per heavy atom. The molecule has 43 heavy (non-hydrogen) atoms. The summed E-state index contributed by atoms with van der Waals surface area (Å²) in [6.07, 6.45) is 1.94. The van der Waals surface area contributed by atoms with Crippen molar-refractivity contribution in [3.8, 4) is 5.75 Å². The summed E-state index contributed by atoms with van der Waals surface area (Å²) in [5.41, 5.74) is 2.75. The van der Waals surface area contributed by atoms with Gasteiger partial charge in [-0.25, -0.2) is 8.42 Å². The molecule has 7 nitrogen and oxygen atoms in total. The molecule has 1 heterocycles. The largest absolute Gasteiger partial charge is 0.492 e. The van der Waals surface area contributed by atoms with Crippen molar-refractivity contribution in [3.05, 3.63) is 120 Å². The average Bonchev–Trinajstić information content (AvgIpc) is 3.05. The lowest BCUT2D eigenvalue weighted by atomic mass is 9.96. The van der Waals surface area contributed by atoms with Gasteiger partial charge in [-0.1, -0.05) is 72.8 Å². The molecule has 1 saturated heterocycles. The number of piperazine rings is 1. The highest BCUT2D eigenvalue weighted by molar-refractivity contribution is 7.98. The number of hydrogen-bond acceptors (Lipinski definition) is 6. The zero-order chi connectivity index (χ0) is 30.2. The van der Waals surface area contributed by atoms with Crippen LogP contribution in [0.15, 0.2) is 119 Å². The first-order valence-corrected chi connectivity index (χ1v) is 17.1. The third-order valence-corrected chi connectivity index (χ3v) is 10.1. The van der Waals surface area contributed by atoms with Crippen LogP contribution >= 0.6 is 11.8 Å². The molecule has 0 aliphatic carbocycles. The molecule has 4 aromatic carbocycles. The Morgan fingerprint density at radius 3 is 1.93 bits per heavy atom. The highest BCUT2D eigenvalue weighted by Crippen LogP contribution is 2.34. The van der Waals surface area contributed by atoms with Gasteiger partial charge >= 0.3 is 0 Å². The van der Waals surface area contributed by atoms with Crippen molar-refractivity contribution in [1.29, 1.82) is 0 Å². The molecule has 1 fully saturated rings. The Morgan fingerprint density at radius 1 is 0.814 bits per heavy atom. The van der Waals surface area contributed by atoms with Crippen LogP contribution in [0.5, 0.6) is 5.75 Å². The quantitative estimate of drug-likeness (QED) is 0.195. The summed E-state index contributed by atoms with van der Waals surface area (Å²) < 4.78 is 35.1. The molecule has 0 bridgehead atoms. The van der Waals surface area contributed by atoms with Crippen molar-refractivity contribution in [2.75, 3.05) is 49.9 Å². The number of carbonyl (C=O) groups is 1. The maximum absolute atomic E-state index is 14.0. The topological polar surface area (TPSA) is 70.2 Å². The molecule has 0 saturated carbocycles. The van der Waals surface area contributed by atoms with Gasteiger partial charge in [-0.3, -0.25) is 14.0 Å². The zero-order valence-corrected chi connectivity index (χ0v) is 26.1. The van der Waals surface area contributed by atoms with Gasteiger partial charge in [-0.15, -0.1) is 11.8 Å². The number of para-hydroxylation sites is 2. The summed E-state index contributed by atoms with van der Waals surface area (Å²) in [6, 6.07) is 34.6. The first kappa shape index (κ1) is 30.7. The fourth-order valence-electron chi connectivity index (χ4n) is 5.45. The number of carbonyl (C=O) groups excluding carboxylic acids is 1. The molecule has 0 atom stereocenters. The first-order chi connectivity index (χ1) is 20.9. The van der Waals surface area contributed by atoms with Gasteiger partial charge in [0, 0.05) is 31.1 Å². The average molecular weight is 616 g/mol. The second-order valence-electron chi connectivity index (χ2n) is 10.2. The minimum atomic E-state index is -4.06.